The lowest BCUT2D eigenvalue weighted by atomic mass is 9.95. The molecule has 1 unspecified atom stereocenters. The summed E-state index contributed by atoms with van der Waals surface area (Å²) < 4.78 is 33.4. The predicted molar refractivity (Wildman–Crippen MR) is 108 cm³/mol. The number of nitrogens with zero attached hydrogens (tertiary/aromatic N) is 1. The van der Waals surface area contributed by atoms with Gasteiger partial charge in [0.1, 0.15) is 17.4 Å². The first kappa shape index (κ1) is 21.6. The third kappa shape index (κ3) is 4.41. The number of aliphatic hydroxyl groups excluding tert-OH is 1. The number of Topliss-reactive ketones (excluding diaryl/α,β-unsaturated/α-hetero) is 1. The highest BCUT2D eigenvalue weighted by Crippen LogP contribution is 2.40. The minimum atomic E-state index is -1.09. The molecule has 7 heteroatoms. The Kier molecular flexibility index (Phi) is 6.62. The molecule has 2 aromatic carbocycles. The van der Waals surface area contributed by atoms with Gasteiger partial charge in [-0.1, -0.05) is 18.2 Å². The Morgan fingerprint density at radius 3 is 2.40 bits per heavy atom. The summed E-state index contributed by atoms with van der Waals surface area (Å²) in [6.45, 7) is 4.28. The van der Waals surface area contributed by atoms with E-state index in [4.69, 9.17) is 4.74 Å². The van der Waals surface area contributed by atoms with Gasteiger partial charge < -0.3 is 14.7 Å². The molecule has 0 aliphatic carbocycles. The fourth-order valence-electron chi connectivity index (χ4n) is 3.45. The molecule has 0 radical (unpaired) electrons. The minimum Gasteiger partial charge on any atom is -0.507 e. The van der Waals surface area contributed by atoms with E-state index in [-0.39, 0.29) is 29.3 Å². The average Bonchev–Trinajstić information content (AvgIpc) is 2.96. The molecule has 158 valence electrons. The van der Waals surface area contributed by atoms with Crippen molar-refractivity contribution in [2.24, 2.45) is 0 Å². The lowest BCUT2D eigenvalue weighted by Gasteiger charge is -2.25. The maximum absolute atomic E-state index is 14.6. The van der Waals surface area contributed by atoms with Gasteiger partial charge in [-0.3, -0.25) is 9.59 Å². The Hall–Kier alpha value is -3.06. The quantitative estimate of drug-likeness (QED) is 0.319. The molecule has 0 spiro atoms. The number of likely N-dealkylation sites (tertiary alicyclic amines) is 1. The minimum absolute atomic E-state index is 0.0150. The van der Waals surface area contributed by atoms with E-state index < -0.39 is 35.1 Å². The number of amides is 1. The number of hydrogen-bond donors (Lipinski definition) is 1. The third-order valence-electron chi connectivity index (χ3n) is 4.85. The van der Waals surface area contributed by atoms with Crippen molar-refractivity contribution in [3.63, 3.8) is 0 Å². The first-order valence-electron chi connectivity index (χ1n) is 9.71. The number of hydrogen-bond acceptors (Lipinski definition) is 4. The summed E-state index contributed by atoms with van der Waals surface area (Å²) in [7, 11) is 0. The molecule has 2 aromatic rings. The molecule has 0 bridgehead atoms. The monoisotopic (exact) mass is 415 g/mol. The van der Waals surface area contributed by atoms with Gasteiger partial charge in [0.05, 0.1) is 17.7 Å². The first-order valence-corrected chi connectivity index (χ1v) is 9.71. The summed E-state index contributed by atoms with van der Waals surface area (Å²) in [5, 5.41) is 10.8. The van der Waals surface area contributed by atoms with Crippen molar-refractivity contribution >= 4 is 17.4 Å². The molecule has 1 fully saturated rings. The van der Waals surface area contributed by atoms with Gasteiger partial charge in [-0.05, 0) is 50.6 Å². The molecule has 1 amide bonds. The Balaban J connectivity index is 2.04. The maximum atomic E-state index is 14.6. The van der Waals surface area contributed by atoms with Crippen molar-refractivity contribution < 1.29 is 28.2 Å². The van der Waals surface area contributed by atoms with Gasteiger partial charge in [0.25, 0.3) is 11.7 Å². The van der Waals surface area contributed by atoms with Crippen LogP contribution in [0.4, 0.5) is 8.78 Å². The van der Waals surface area contributed by atoms with E-state index in [1.165, 1.54) is 35.2 Å². The zero-order chi connectivity index (χ0) is 21.8. The number of halogens is 2. The SMILES string of the molecule is CC(C)OCCCN1C(=O)C(=O)/C(=C(\O)c2ccc(F)cc2)C1c1ccccc1F. The van der Waals surface area contributed by atoms with Crippen LogP contribution in [-0.2, 0) is 14.3 Å². The summed E-state index contributed by atoms with van der Waals surface area (Å²) in [5.41, 5.74) is 0.0468. The summed E-state index contributed by atoms with van der Waals surface area (Å²) in [5.74, 6) is -3.31. The number of carbonyl (C=O) groups excluding carboxylic acids is 2. The van der Waals surface area contributed by atoms with Crippen LogP contribution in [0.15, 0.2) is 54.1 Å². The van der Waals surface area contributed by atoms with Crippen LogP contribution in [0.2, 0.25) is 0 Å². The van der Waals surface area contributed by atoms with Gasteiger partial charge in [0.2, 0.25) is 0 Å². The molecule has 1 saturated heterocycles. The van der Waals surface area contributed by atoms with E-state index in [0.717, 1.165) is 12.1 Å². The molecule has 3 rings (SSSR count). The topological polar surface area (TPSA) is 66.8 Å². The lowest BCUT2D eigenvalue weighted by Crippen LogP contribution is -2.31. The van der Waals surface area contributed by atoms with Crippen molar-refractivity contribution in [3.05, 3.63) is 76.9 Å². The summed E-state index contributed by atoms with van der Waals surface area (Å²) in [6, 6.07) is 9.57. The van der Waals surface area contributed by atoms with E-state index in [0.29, 0.717) is 13.0 Å². The second kappa shape index (κ2) is 9.17. The van der Waals surface area contributed by atoms with Crippen LogP contribution < -0.4 is 0 Å². The van der Waals surface area contributed by atoms with E-state index in [2.05, 4.69) is 0 Å². The van der Waals surface area contributed by atoms with Gasteiger partial charge in [-0.25, -0.2) is 8.78 Å². The number of benzene rings is 2. The van der Waals surface area contributed by atoms with Crippen molar-refractivity contribution in [1.29, 1.82) is 0 Å². The average molecular weight is 415 g/mol. The van der Waals surface area contributed by atoms with E-state index >= 15 is 0 Å². The molecule has 0 saturated carbocycles. The fraction of sp³-hybridized carbons (Fsp3) is 0.304. The first-order chi connectivity index (χ1) is 14.3. The van der Waals surface area contributed by atoms with Crippen LogP contribution in [0.5, 0.6) is 0 Å². The molecule has 1 aliphatic rings. The number of carbonyl (C=O) groups is 2. The predicted octanol–water partition coefficient (Wildman–Crippen LogP) is 4.20. The fourth-order valence-corrected chi connectivity index (χ4v) is 3.45. The second-order valence-electron chi connectivity index (χ2n) is 7.29. The standard InChI is InChI=1S/C23H23F2NO4/c1-14(2)30-13-5-12-26-20(17-6-3-4-7-18(17)25)19(22(28)23(26)29)21(27)15-8-10-16(24)11-9-15/h3-4,6-11,14,20,27H,5,12-13H2,1-2H3/b21-19-. The van der Waals surface area contributed by atoms with Gasteiger partial charge in [-0.15, -0.1) is 0 Å². The lowest BCUT2D eigenvalue weighted by molar-refractivity contribution is -0.140. The third-order valence-corrected chi connectivity index (χ3v) is 4.85. The number of ketones is 1. The highest BCUT2D eigenvalue weighted by molar-refractivity contribution is 6.46. The highest BCUT2D eigenvalue weighted by atomic mass is 19.1. The molecular formula is C23H23F2NO4. The Labute approximate surface area is 173 Å². The van der Waals surface area contributed by atoms with Crippen LogP contribution in [0.1, 0.15) is 37.4 Å². The van der Waals surface area contributed by atoms with Crippen molar-refractivity contribution in [1.82, 2.24) is 4.90 Å². The summed E-state index contributed by atoms with van der Waals surface area (Å²) in [6.07, 6.45) is 0.452. The van der Waals surface area contributed by atoms with E-state index in [1.54, 1.807) is 6.07 Å². The molecule has 1 heterocycles. The van der Waals surface area contributed by atoms with Gasteiger partial charge in [0, 0.05) is 24.3 Å². The van der Waals surface area contributed by atoms with Crippen LogP contribution in [0, 0.1) is 11.6 Å². The normalized spacial score (nSPS) is 18.4. The zero-order valence-electron chi connectivity index (χ0n) is 16.8. The molecule has 1 N–H and O–H groups in total. The van der Waals surface area contributed by atoms with Gasteiger partial charge in [-0.2, -0.15) is 0 Å². The summed E-state index contributed by atoms with van der Waals surface area (Å²) >= 11 is 0. The molecular weight excluding hydrogens is 392 g/mol. The molecule has 30 heavy (non-hydrogen) atoms. The zero-order valence-corrected chi connectivity index (χ0v) is 16.8. The summed E-state index contributed by atoms with van der Waals surface area (Å²) in [4.78, 5) is 26.8. The van der Waals surface area contributed by atoms with Crippen molar-refractivity contribution in [2.45, 2.75) is 32.4 Å². The maximum Gasteiger partial charge on any atom is 0.295 e. The Morgan fingerprint density at radius 2 is 1.77 bits per heavy atom. The smallest absolute Gasteiger partial charge is 0.295 e. The number of aliphatic hydroxyl groups is 1. The van der Waals surface area contributed by atoms with Crippen molar-refractivity contribution in [3.8, 4) is 0 Å². The van der Waals surface area contributed by atoms with Crippen LogP contribution >= 0.6 is 0 Å². The van der Waals surface area contributed by atoms with E-state index in [9.17, 15) is 23.5 Å². The Bertz CT molecular complexity index is 969. The molecule has 5 nitrogen and oxygen atoms in total. The molecule has 1 aliphatic heterocycles. The van der Waals surface area contributed by atoms with Crippen LogP contribution in [-0.4, -0.2) is 41.0 Å². The second-order valence-corrected chi connectivity index (χ2v) is 7.29. The highest BCUT2D eigenvalue weighted by Gasteiger charge is 2.46. The van der Waals surface area contributed by atoms with Crippen LogP contribution in [0.3, 0.4) is 0 Å². The largest absolute Gasteiger partial charge is 0.507 e. The Morgan fingerprint density at radius 1 is 1.10 bits per heavy atom. The van der Waals surface area contributed by atoms with E-state index in [1.807, 2.05) is 13.8 Å². The van der Waals surface area contributed by atoms with Gasteiger partial charge >= 0.3 is 0 Å². The number of ether oxygens (including phenoxy) is 1. The molecule has 1 atom stereocenters. The van der Waals surface area contributed by atoms with Crippen LogP contribution in [0.25, 0.3) is 5.76 Å². The van der Waals surface area contributed by atoms with Gasteiger partial charge in [0.15, 0.2) is 0 Å². The molecule has 0 aromatic heterocycles. The van der Waals surface area contributed by atoms with Crippen molar-refractivity contribution in [2.75, 3.05) is 13.2 Å². The number of rotatable bonds is 7.